The van der Waals surface area contributed by atoms with Gasteiger partial charge in [-0.2, -0.15) is 0 Å². The van der Waals surface area contributed by atoms with Crippen LogP contribution in [0.1, 0.15) is 25.0 Å². The van der Waals surface area contributed by atoms with Gasteiger partial charge < -0.3 is 14.8 Å². The fourth-order valence-corrected chi connectivity index (χ4v) is 1.96. The molecule has 1 aliphatic heterocycles. The van der Waals surface area contributed by atoms with E-state index in [1.165, 1.54) is 11.1 Å². The maximum absolute atomic E-state index is 5.79. The third-order valence-electron chi connectivity index (χ3n) is 3.15. The van der Waals surface area contributed by atoms with Crippen LogP contribution in [0.25, 0.3) is 0 Å². The smallest absolute Gasteiger partial charge is 0.105 e. The van der Waals surface area contributed by atoms with E-state index in [9.17, 15) is 0 Å². The topological polar surface area (TPSA) is 30.5 Å². The Morgan fingerprint density at radius 1 is 1.28 bits per heavy atom. The molecule has 3 heteroatoms. The Kier molecular flexibility index (Phi) is 5.17. The Morgan fingerprint density at radius 3 is 2.61 bits per heavy atom. The van der Waals surface area contributed by atoms with Crippen LogP contribution in [0.3, 0.4) is 0 Å². The predicted octanol–water partition coefficient (Wildman–Crippen LogP) is 2.14. The fraction of sp³-hybridized carbons (Fsp3) is 0.600. The first-order valence-electron chi connectivity index (χ1n) is 6.75. The van der Waals surface area contributed by atoms with Crippen LogP contribution in [0.15, 0.2) is 24.3 Å². The van der Waals surface area contributed by atoms with Crippen molar-refractivity contribution in [3.63, 3.8) is 0 Å². The minimum absolute atomic E-state index is 0.298. The maximum Gasteiger partial charge on any atom is 0.105 e. The van der Waals surface area contributed by atoms with Crippen LogP contribution in [0.5, 0.6) is 0 Å². The summed E-state index contributed by atoms with van der Waals surface area (Å²) in [5.41, 5.74) is 2.68. The summed E-state index contributed by atoms with van der Waals surface area (Å²) in [6.45, 7) is 7.55. The van der Waals surface area contributed by atoms with Gasteiger partial charge in [0.05, 0.1) is 19.8 Å². The molecule has 100 valence electrons. The number of ether oxygens (including phenoxy) is 2. The number of benzene rings is 1. The normalized spacial score (nSPS) is 15.9. The van der Waals surface area contributed by atoms with Crippen molar-refractivity contribution in [2.24, 2.45) is 0 Å². The molecule has 0 spiro atoms. The average Bonchev–Trinajstić information content (AvgIpc) is 2.28. The molecule has 1 aromatic carbocycles. The summed E-state index contributed by atoms with van der Waals surface area (Å²) >= 11 is 0. The van der Waals surface area contributed by atoms with Crippen molar-refractivity contribution < 1.29 is 9.47 Å². The van der Waals surface area contributed by atoms with E-state index >= 15 is 0 Å². The van der Waals surface area contributed by atoms with E-state index < -0.39 is 0 Å². The molecule has 1 fully saturated rings. The van der Waals surface area contributed by atoms with E-state index in [0.717, 1.165) is 26.2 Å². The van der Waals surface area contributed by atoms with Gasteiger partial charge >= 0.3 is 0 Å². The van der Waals surface area contributed by atoms with Gasteiger partial charge in [0.1, 0.15) is 6.10 Å². The number of rotatable bonds is 7. The summed E-state index contributed by atoms with van der Waals surface area (Å²) in [6, 6.07) is 9.07. The van der Waals surface area contributed by atoms with E-state index in [0.29, 0.717) is 18.8 Å². The first-order chi connectivity index (χ1) is 8.75. The largest absolute Gasteiger partial charge is 0.376 e. The van der Waals surface area contributed by atoms with E-state index in [4.69, 9.17) is 9.47 Å². The van der Waals surface area contributed by atoms with E-state index in [2.05, 4.69) is 43.4 Å². The third-order valence-corrected chi connectivity index (χ3v) is 3.15. The molecule has 1 heterocycles. The first-order valence-corrected chi connectivity index (χ1v) is 6.75. The van der Waals surface area contributed by atoms with Crippen LogP contribution in [0.4, 0.5) is 0 Å². The van der Waals surface area contributed by atoms with Gasteiger partial charge in [0.2, 0.25) is 0 Å². The lowest BCUT2D eigenvalue weighted by Gasteiger charge is -2.26. The summed E-state index contributed by atoms with van der Waals surface area (Å²) in [5.74, 6) is 0. The van der Waals surface area contributed by atoms with Crippen molar-refractivity contribution in [1.29, 1.82) is 0 Å². The van der Waals surface area contributed by atoms with Gasteiger partial charge in [-0.1, -0.05) is 38.1 Å². The Bertz CT molecular complexity index is 361. The molecular weight excluding hydrogens is 226 g/mol. The lowest BCUT2D eigenvalue weighted by atomic mass is 10.0. The van der Waals surface area contributed by atoms with Crippen molar-refractivity contribution in [3.05, 3.63) is 35.4 Å². The summed E-state index contributed by atoms with van der Waals surface area (Å²) in [4.78, 5) is 0. The second kappa shape index (κ2) is 6.88. The lowest BCUT2D eigenvalue weighted by molar-refractivity contribution is -0.135. The molecule has 0 amide bonds. The van der Waals surface area contributed by atoms with Crippen LogP contribution in [-0.2, 0) is 22.5 Å². The molecule has 3 nitrogen and oxygen atoms in total. The van der Waals surface area contributed by atoms with Gasteiger partial charge in [-0.05, 0) is 24.1 Å². The summed E-state index contributed by atoms with van der Waals surface area (Å²) in [5, 5.41) is 3.45. The van der Waals surface area contributed by atoms with Gasteiger partial charge in [0, 0.05) is 6.04 Å². The highest BCUT2D eigenvalue weighted by Gasteiger charge is 2.18. The zero-order chi connectivity index (χ0) is 12.8. The van der Waals surface area contributed by atoms with Crippen LogP contribution >= 0.6 is 0 Å². The maximum atomic E-state index is 5.79. The third kappa shape index (κ3) is 4.09. The summed E-state index contributed by atoms with van der Waals surface area (Å²) in [7, 11) is 0. The molecule has 1 saturated heterocycles. The van der Waals surface area contributed by atoms with Crippen molar-refractivity contribution in [2.45, 2.75) is 39.0 Å². The molecule has 0 saturated carbocycles. The van der Waals surface area contributed by atoms with Crippen molar-refractivity contribution in [1.82, 2.24) is 5.32 Å². The highest BCUT2D eigenvalue weighted by atomic mass is 16.6. The molecule has 1 aliphatic rings. The minimum Gasteiger partial charge on any atom is -0.376 e. The van der Waals surface area contributed by atoms with E-state index in [-0.39, 0.29) is 0 Å². The Balaban J connectivity index is 1.83. The standard InChI is InChI=1S/C15H23NO2/c1-12(2)16-8-7-13-5-3-4-6-14(13)9-18-15-10-17-11-15/h3-6,12,15-16H,7-11H2,1-2H3. The van der Waals surface area contributed by atoms with Crippen LogP contribution < -0.4 is 5.32 Å². The Morgan fingerprint density at radius 2 is 2.00 bits per heavy atom. The number of hydrogen-bond acceptors (Lipinski definition) is 3. The van der Waals surface area contributed by atoms with Crippen LogP contribution in [0, 0.1) is 0 Å². The Labute approximate surface area is 109 Å². The van der Waals surface area contributed by atoms with Gasteiger partial charge in [0.25, 0.3) is 0 Å². The van der Waals surface area contributed by atoms with E-state index in [1.54, 1.807) is 0 Å². The van der Waals surface area contributed by atoms with Crippen LogP contribution in [-0.4, -0.2) is 31.9 Å². The molecule has 1 aromatic rings. The summed E-state index contributed by atoms with van der Waals surface area (Å²) in [6.07, 6.45) is 1.35. The quantitative estimate of drug-likeness (QED) is 0.803. The lowest BCUT2D eigenvalue weighted by Crippen LogP contribution is -2.35. The second-order valence-corrected chi connectivity index (χ2v) is 5.10. The van der Waals surface area contributed by atoms with Gasteiger partial charge in [0.15, 0.2) is 0 Å². The van der Waals surface area contributed by atoms with Crippen LogP contribution in [0.2, 0.25) is 0 Å². The number of hydrogen-bond donors (Lipinski definition) is 1. The minimum atomic E-state index is 0.298. The molecule has 0 aromatic heterocycles. The van der Waals surface area contributed by atoms with Gasteiger partial charge in [-0.25, -0.2) is 0 Å². The van der Waals surface area contributed by atoms with Crippen molar-refractivity contribution in [3.8, 4) is 0 Å². The molecule has 0 unspecified atom stereocenters. The first kappa shape index (κ1) is 13.5. The van der Waals surface area contributed by atoms with E-state index in [1.807, 2.05) is 0 Å². The Hall–Kier alpha value is -0.900. The number of nitrogens with one attached hydrogen (secondary N) is 1. The molecule has 2 rings (SSSR count). The second-order valence-electron chi connectivity index (χ2n) is 5.10. The zero-order valence-electron chi connectivity index (χ0n) is 11.3. The molecule has 0 bridgehead atoms. The average molecular weight is 249 g/mol. The molecule has 1 N–H and O–H groups in total. The highest BCUT2D eigenvalue weighted by Crippen LogP contribution is 2.14. The monoisotopic (exact) mass is 249 g/mol. The van der Waals surface area contributed by atoms with Gasteiger partial charge in [-0.3, -0.25) is 0 Å². The molecule has 0 aliphatic carbocycles. The predicted molar refractivity (Wildman–Crippen MR) is 72.7 cm³/mol. The zero-order valence-corrected chi connectivity index (χ0v) is 11.3. The van der Waals surface area contributed by atoms with Crippen molar-refractivity contribution >= 4 is 0 Å². The molecule has 0 radical (unpaired) electrons. The fourth-order valence-electron chi connectivity index (χ4n) is 1.96. The molecular formula is C15H23NO2. The molecule has 18 heavy (non-hydrogen) atoms. The van der Waals surface area contributed by atoms with Gasteiger partial charge in [-0.15, -0.1) is 0 Å². The molecule has 0 atom stereocenters. The van der Waals surface area contributed by atoms with Crippen molar-refractivity contribution in [2.75, 3.05) is 19.8 Å². The summed E-state index contributed by atoms with van der Waals surface area (Å²) < 4.78 is 10.9. The highest BCUT2D eigenvalue weighted by molar-refractivity contribution is 5.26. The SMILES string of the molecule is CC(C)NCCc1ccccc1COC1COC1.